The van der Waals surface area contributed by atoms with Crippen molar-refractivity contribution in [3.05, 3.63) is 33.8 Å². The quantitative estimate of drug-likeness (QED) is 0.808. The molecule has 5 heteroatoms. The van der Waals surface area contributed by atoms with Crippen molar-refractivity contribution in [2.75, 3.05) is 7.11 Å². The lowest BCUT2D eigenvalue weighted by atomic mass is 9.99. The van der Waals surface area contributed by atoms with E-state index in [0.29, 0.717) is 21.7 Å². The molecule has 0 atom stereocenters. The second kappa shape index (κ2) is 5.50. The Morgan fingerprint density at radius 2 is 2.25 bits per heavy atom. The predicted octanol–water partition coefficient (Wildman–Crippen LogP) is 1.39. The molecule has 0 aliphatic heterocycles. The average molecular weight is 239 g/mol. The lowest BCUT2D eigenvalue weighted by Crippen LogP contribution is -2.11. The van der Waals surface area contributed by atoms with Crippen molar-refractivity contribution < 1.29 is 9.53 Å². The maximum atomic E-state index is 11.2. The number of hydrogen-bond acceptors (Lipinski definition) is 4. The van der Waals surface area contributed by atoms with Crippen LogP contribution in [0, 0.1) is 11.3 Å². The number of nitrogens with two attached hydrogens (primary N) is 1. The van der Waals surface area contributed by atoms with Gasteiger partial charge in [0.1, 0.15) is 0 Å². The highest BCUT2D eigenvalue weighted by atomic mass is 35.5. The zero-order valence-electron chi connectivity index (χ0n) is 8.79. The summed E-state index contributed by atoms with van der Waals surface area (Å²) in [5.41, 5.74) is 7.15. The molecule has 1 rings (SSSR count). The Balaban J connectivity index is 3.24. The van der Waals surface area contributed by atoms with Gasteiger partial charge in [0.15, 0.2) is 0 Å². The largest absolute Gasteiger partial charge is 0.469 e. The number of esters is 1. The van der Waals surface area contributed by atoms with Crippen LogP contribution in [0.5, 0.6) is 0 Å². The number of hydrogen-bond donors (Lipinski definition) is 1. The summed E-state index contributed by atoms with van der Waals surface area (Å²) >= 11 is 5.97. The standard InChI is InChI=1S/C11H11ClN2O2/c1-16-11(15)4-8-9(6-14)7(5-13)2-3-10(8)12/h2-3H,4,6,14H2,1H3. The van der Waals surface area contributed by atoms with Crippen molar-refractivity contribution in [1.29, 1.82) is 5.26 Å². The topological polar surface area (TPSA) is 76.1 Å². The van der Waals surface area contributed by atoms with E-state index in [0.717, 1.165) is 0 Å². The molecule has 0 fully saturated rings. The van der Waals surface area contributed by atoms with Gasteiger partial charge in [0.05, 0.1) is 25.2 Å². The third kappa shape index (κ3) is 2.51. The fraction of sp³-hybridized carbons (Fsp3) is 0.273. The van der Waals surface area contributed by atoms with Crippen LogP contribution in [0.4, 0.5) is 0 Å². The minimum absolute atomic E-state index is 0.0252. The van der Waals surface area contributed by atoms with E-state index < -0.39 is 5.97 Å². The highest BCUT2D eigenvalue weighted by molar-refractivity contribution is 6.31. The number of carbonyl (C=O) groups is 1. The van der Waals surface area contributed by atoms with Gasteiger partial charge in [-0.2, -0.15) is 5.26 Å². The third-order valence-electron chi connectivity index (χ3n) is 2.25. The summed E-state index contributed by atoms with van der Waals surface area (Å²) in [7, 11) is 1.30. The van der Waals surface area contributed by atoms with Gasteiger partial charge in [-0.15, -0.1) is 0 Å². The minimum Gasteiger partial charge on any atom is -0.469 e. The molecule has 0 radical (unpaired) electrons. The molecular formula is C11H11ClN2O2. The summed E-state index contributed by atoms with van der Waals surface area (Å²) in [6.45, 7) is 0.162. The highest BCUT2D eigenvalue weighted by Gasteiger charge is 2.14. The van der Waals surface area contributed by atoms with E-state index in [1.165, 1.54) is 7.11 Å². The molecule has 0 heterocycles. The van der Waals surface area contributed by atoms with Crippen LogP contribution < -0.4 is 5.73 Å². The smallest absolute Gasteiger partial charge is 0.310 e. The number of benzene rings is 1. The second-order valence-corrected chi connectivity index (χ2v) is 3.53. The Hall–Kier alpha value is -1.57. The van der Waals surface area contributed by atoms with Crippen LogP contribution in [0.25, 0.3) is 0 Å². The normalized spacial score (nSPS) is 9.62. The second-order valence-electron chi connectivity index (χ2n) is 3.12. The van der Waals surface area contributed by atoms with Gasteiger partial charge in [0, 0.05) is 11.6 Å². The summed E-state index contributed by atoms with van der Waals surface area (Å²) in [6.07, 6.45) is 0.0252. The van der Waals surface area contributed by atoms with Crippen LogP contribution in [0.2, 0.25) is 5.02 Å². The molecule has 0 saturated heterocycles. The van der Waals surface area contributed by atoms with Gasteiger partial charge in [0.2, 0.25) is 0 Å². The fourth-order valence-corrected chi connectivity index (χ4v) is 1.65. The summed E-state index contributed by atoms with van der Waals surface area (Å²) < 4.78 is 4.56. The van der Waals surface area contributed by atoms with E-state index in [1.807, 2.05) is 6.07 Å². The summed E-state index contributed by atoms with van der Waals surface area (Å²) in [4.78, 5) is 11.2. The number of methoxy groups -OCH3 is 1. The molecule has 0 unspecified atom stereocenters. The summed E-state index contributed by atoms with van der Waals surface area (Å²) in [5.74, 6) is -0.410. The summed E-state index contributed by atoms with van der Waals surface area (Å²) in [6, 6.07) is 5.18. The van der Waals surface area contributed by atoms with Gasteiger partial charge in [-0.05, 0) is 23.3 Å². The zero-order chi connectivity index (χ0) is 12.1. The lowest BCUT2D eigenvalue weighted by Gasteiger charge is -2.10. The van der Waals surface area contributed by atoms with E-state index in [1.54, 1.807) is 12.1 Å². The first kappa shape index (κ1) is 12.5. The van der Waals surface area contributed by atoms with Gasteiger partial charge in [-0.1, -0.05) is 11.6 Å². The van der Waals surface area contributed by atoms with E-state index in [9.17, 15) is 4.79 Å². The molecule has 0 aliphatic rings. The van der Waals surface area contributed by atoms with Gasteiger partial charge < -0.3 is 10.5 Å². The van der Waals surface area contributed by atoms with Crippen LogP contribution in [0.3, 0.4) is 0 Å². The van der Waals surface area contributed by atoms with Crippen molar-refractivity contribution in [2.45, 2.75) is 13.0 Å². The molecule has 0 aromatic heterocycles. The van der Waals surface area contributed by atoms with Gasteiger partial charge in [-0.3, -0.25) is 4.79 Å². The fourth-order valence-electron chi connectivity index (χ4n) is 1.41. The van der Waals surface area contributed by atoms with Crippen molar-refractivity contribution in [2.24, 2.45) is 5.73 Å². The number of nitriles is 1. The first-order valence-corrected chi connectivity index (χ1v) is 4.99. The van der Waals surface area contributed by atoms with Crippen molar-refractivity contribution in [3.8, 4) is 6.07 Å². The van der Waals surface area contributed by atoms with Crippen molar-refractivity contribution in [1.82, 2.24) is 0 Å². The molecule has 1 aromatic rings. The average Bonchev–Trinajstić information content (AvgIpc) is 2.31. The van der Waals surface area contributed by atoms with Crippen LogP contribution in [0.1, 0.15) is 16.7 Å². The Kier molecular flexibility index (Phi) is 4.29. The van der Waals surface area contributed by atoms with Crippen molar-refractivity contribution >= 4 is 17.6 Å². The maximum Gasteiger partial charge on any atom is 0.310 e. The first-order chi connectivity index (χ1) is 7.63. The number of rotatable bonds is 3. The first-order valence-electron chi connectivity index (χ1n) is 4.61. The number of ether oxygens (including phenoxy) is 1. The SMILES string of the molecule is COC(=O)Cc1c(Cl)ccc(C#N)c1CN. The Morgan fingerprint density at radius 3 is 2.75 bits per heavy atom. The molecule has 16 heavy (non-hydrogen) atoms. The van der Waals surface area contributed by atoms with Crippen LogP contribution >= 0.6 is 11.6 Å². The van der Waals surface area contributed by atoms with Crippen LogP contribution in [-0.4, -0.2) is 13.1 Å². The lowest BCUT2D eigenvalue weighted by molar-refractivity contribution is -0.139. The number of carbonyl (C=O) groups excluding carboxylic acids is 1. The Bertz CT molecular complexity index is 452. The van der Waals surface area contributed by atoms with Crippen LogP contribution in [-0.2, 0) is 22.5 Å². The van der Waals surface area contributed by atoms with E-state index in [4.69, 9.17) is 22.6 Å². The maximum absolute atomic E-state index is 11.2. The monoisotopic (exact) mass is 238 g/mol. The van der Waals surface area contributed by atoms with Crippen molar-refractivity contribution in [3.63, 3.8) is 0 Å². The number of halogens is 1. The molecule has 2 N–H and O–H groups in total. The zero-order valence-corrected chi connectivity index (χ0v) is 9.54. The molecule has 84 valence electrons. The molecular weight excluding hydrogens is 228 g/mol. The highest BCUT2D eigenvalue weighted by Crippen LogP contribution is 2.24. The molecule has 0 saturated carbocycles. The summed E-state index contributed by atoms with van der Waals surface area (Å²) in [5, 5.41) is 9.31. The predicted molar refractivity (Wildman–Crippen MR) is 59.8 cm³/mol. The molecule has 0 amide bonds. The van der Waals surface area contributed by atoms with E-state index >= 15 is 0 Å². The van der Waals surface area contributed by atoms with Gasteiger partial charge in [-0.25, -0.2) is 0 Å². The molecule has 0 aliphatic carbocycles. The van der Waals surface area contributed by atoms with Gasteiger partial charge >= 0.3 is 5.97 Å². The Labute approximate surface area is 98.6 Å². The molecule has 0 spiro atoms. The minimum atomic E-state index is -0.410. The van der Waals surface area contributed by atoms with Gasteiger partial charge in [0.25, 0.3) is 0 Å². The van der Waals surface area contributed by atoms with E-state index in [-0.39, 0.29) is 13.0 Å². The molecule has 4 nitrogen and oxygen atoms in total. The molecule has 1 aromatic carbocycles. The van der Waals surface area contributed by atoms with Crippen LogP contribution in [0.15, 0.2) is 12.1 Å². The van der Waals surface area contributed by atoms with E-state index in [2.05, 4.69) is 4.74 Å². The number of nitrogens with zero attached hydrogens (tertiary/aromatic N) is 1. The molecule has 0 bridgehead atoms. The third-order valence-corrected chi connectivity index (χ3v) is 2.60. The Morgan fingerprint density at radius 1 is 1.56 bits per heavy atom.